The predicted molar refractivity (Wildman–Crippen MR) is 73.3 cm³/mol. The second-order valence-electron chi connectivity index (χ2n) is 3.92. The fraction of sp³-hybridized carbons (Fsp3) is 0. The maximum atomic E-state index is 12.0. The Bertz CT molecular complexity index is 753. The highest BCUT2D eigenvalue weighted by Crippen LogP contribution is 2.20. The lowest BCUT2D eigenvalue weighted by Crippen LogP contribution is -2.14. The molecule has 19 heavy (non-hydrogen) atoms. The lowest BCUT2D eigenvalue weighted by Gasteiger charge is -2.02. The van der Waals surface area contributed by atoms with Crippen molar-refractivity contribution in [1.82, 2.24) is 15.2 Å². The molecule has 0 fully saturated rings. The minimum absolute atomic E-state index is 0.250. The molecule has 0 aliphatic heterocycles. The summed E-state index contributed by atoms with van der Waals surface area (Å²) in [6, 6.07) is 12.4. The third kappa shape index (κ3) is 2.28. The Kier molecular flexibility index (Phi) is 2.89. The van der Waals surface area contributed by atoms with E-state index in [4.69, 9.17) is 11.6 Å². The van der Waals surface area contributed by atoms with Crippen LogP contribution < -0.4 is 5.32 Å². The van der Waals surface area contributed by atoms with E-state index in [1.54, 1.807) is 18.2 Å². The van der Waals surface area contributed by atoms with E-state index in [1.807, 2.05) is 24.3 Å². The fourth-order valence-electron chi connectivity index (χ4n) is 1.77. The average molecular weight is 273 g/mol. The maximum absolute atomic E-state index is 12.0. The van der Waals surface area contributed by atoms with Crippen LogP contribution in [0.25, 0.3) is 10.9 Å². The molecule has 0 bridgehead atoms. The molecule has 0 atom stereocenters. The van der Waals surface area contributed by atoms with E-state index in [1.165, 1.54) is 0 Å². The van der Waals surface area contributed by atoms with Crippen LogP contribution in [0.1, 0.15) is 10.5 Å². The lowest BCUT2D eigenvalue weighted by atomic mass is 10.2. The molecular weight excluding hydrogens is 264 g/mol. The van der Waals surface area contributed by atoms with Gasteiger partial charge in [0.1, 0.15) is 10.8 Å². The Morgan fingerprint density at radius 2 is 2.00 bits per heavy atom. The number of nitrogens with one attached hydrogen (secondary N) is 2. The smallest absolute Gasteiger partial charge is 0.275 e. The number of hydrogen-bond acceptors (Lipinski definition) is 3. The van der Waals surface area contributed by atoms with Crippen LogP contribution in [0.4, 0.5) is 5.82 Å². The number of rotatable bonds is 2. The molecule has 0 spiro atoms. The standard InChI is InChI=1S/C13H9ClN4O/c14-11-7-3-6-10(15-11)13(19)16-12-8-4-1-2-5-9(8)17-18-12/h1-7H,(H2,16,17,18,19). The van der Waals surface area contributed by atoms with Gasteiger partial charge in [-0.25, -0.2) is 4.98 Å². The lowest BCUT2D eigenvalue weighted by molar-refractivity contribution is 0.102. The molecule has 1 amide bonds. The largest absolute Gasteiger partial charge is 0.303 e. The van der Waals surface area contributed by atoms with Gasteiger partial charge in [-0.1, -0.05) is 29.8 Å². The average Bonchev–Trinajstić information content (AvgIpc) is 2.82. The van der Waals surface area contributed by atoms with Crippen molar-refractivity contribution in [3.05, 3.63) is 53.3 Å². The number of fused-ring (bicyclic) bond motifs is 1. The zero-order valence-corrected chi connectivity index (χ0v) is 10.5. The summed E-state index contributed by atoms with van der Waals surface area (Å²) >= 11 is 5.75. The molecule has 2 heterocycles. The van der Waals surface area contributed by atoms with Crippen molar-refractivity contribution in [2.45, 2.75) is 0 Å². The van der Waals surface area contributed by atoms with Crippen LogP contribution in [-0.4, -0.2) is 21.1 Å². The number of para-hydroxylation sites is 1. The molecule has 3 aromatic rings. The third-order valence-electron chi connectivity index (χ3n) is 2.65. The second-order valence-corrected chi connectivity index (χ2v) is 4.30. The van der Waals surface area contributed by atoms with Crippen molar-refractivity contribution in [2.24, 2.45) is 0 Å². The van der Waals surface area contributed by atoms with Crippen molar-refractivity contribution >= 4 is 34.2 Å². The van der Waals surface area contributed by atoms with Gasteiger partial charge in [0.2, 0.25) is 0 Å². The van der Waals surface area contributed by atoms with Crippen LogP contribution in [0.3, 0.4) is 0 Å². The number of pyridine rings is 1. The molecule has 2 N–H and O–H groups in total. The molecule has 0 radical (unpaired) electrons. The zero-order chi connectivity index (χ0) is 13.2. The summed E-state index contributed by atoms with van der Waals surface area (Å²) in [5.41, 5.74) is 1.11. The van der Waals surface area contributed by atoms with Crippen molar-refractivity contribution in [3.8, 4) is 0 Å². The van der Waals surface area contributed by atoms with Crippen LogP contribution in [0.2, 0.25) is 5.15 Å². The number of carbonyl (C=O) groups is 1. The molecule has 6 heteroatoms. The SMILES string of the molecule is O=C(Nc1n[nH]c2ccccc12)c1cccc(Cl)n1. The number of aromatic nitrogens is 3. The predicted octanol–water partition coefficient (Wildman–Crippen LogP) is 2.86. The number of amides is 1. The molecule has 1 aromatic carbocycles. The number of hydrogen-bond donors (Lipinski definition) is 2. The Labute approximate surface area is 113 Å². The van der Waals surface area contributed by atoms with E-state index in [0.29, 0.717) is 5.82 Å². The summed E-state index contributed by atoms with van der Waals surface area (Å²) in [6.07, 6.45) is 0. The number of halogens is 1. The van der Waals surface area contributed by atoms with Crippen LogP contribution in [-0.2, 0) is 0 Å². The zero-order valence-electron chi connectivity index (χ0n) is 9.72. The van der Waals surface area contributed by atoms with E-state index >= 15 is 0 Å². The molecular formula is C13H9ClN4O. The van der Waals surface area contributed by atoms with Gasteiger partial charge in [-0.3, -0.25) is 9.89 Å². The van der Waals surface area contributed by atoms with Crippen LogP contribution >= 0.6 is 11.6 Å². The highest BCUT2D eigenvalue weighted by molar-refractivity contribution is 6.29. The quantitative estimate of drug-likeness (QED) is 0.705. The number of benzene rings is 1. The minimum Gasteiger partial charge on any atom is -0.303 e. The molecule has 0 aliphatic carbocycles. The first-order valence-electron chi connectivity index (χ1n) is 5.61. The first-order valence-corrected chi connectivity index (χ1v) is 5.99. The highest BCUT2D eigenvalue weighted by atomic mass is 35.5. The number of anilines is 1. The highest BCUT2D eigenvalue weighted by Gasteiger charge is 2.12. The summed E-state index contributed by atoms with van der Waals surface area (Å²) in [5, 5.41) is 10.7. The molecule has 3 rings (SSSR count). The van der Waals surface area contributed by atoms with Gasteiger partial charge >= 0.3 is 0 Å². The van der Waals surface area contributed by atoms with Gasteiger partial charge in [-0.05, 0) is 24.3 Å². The molecule has 0 saturated heterocycles. The fourth-order valence-corrected chi connectivity index (χ4v) is 1.93. The van der Waals surface area contributed by atoms with Crippen LogP contribution in [0.15, 0.2) is 42.5 Å². The Morgan fingerprint density at radius 1 is 1.16 bits per heavy atom. The minimum atomic E-state index is -0.347. The number of H-pyrrole nitrogens is 1. The Balaban J connectivity index is 1.91. The van der Waals surface area contributed by atoms with Gasteiger partial charge in [-0.2, -0.15) is 5.10 Å². The van der Waals surface area contributed by atoms with E-state index in [9.17, 15) is 4.79 Å². The molecule has 5 nitrogen and oxygen atoms in total. The molecule has 0 unspecified atom stereocenters. The number of nitrogens with zero attached hydrogens (tertiary/aromatic N) is 2. The van der Waals surface area contributed by atoms with Crippen molar-refractivity contribution in [3.63, 3.8) is 0 Å². The Hall–Kier alpha value is -2.40. The van der Waals surface area contributed by atoms with Gasteiger partial charge in [0, 0.05) is 5.39 Å². The first kappa shape index (κ1) is 11.7. The van der Waals surface area contributed by atoms with Gasteiger partial charge < -0.3 is 5.32 Å². The second kappa shape index (κ2) is 4.70. The number of carbonyl (C=O) groups excluding carboxylic acids is 1. The number of aromatic amines is 1. The van der Waals surface area contributed by atoms with Gasteiger partial charge in [0.05, 0.1) is 5.52 Å². The van der Waals surface area contributed by atoms with Gasteiger partial charge in [0.25, 0.3) is 5.91 Å². The summed E-state index contributed by atoms with van der Waals surface area (Å²) in [5.74, 6) is 0.127. The van der Waals surface area contributed by atoms with Crippen molar-refractivity contribution in [1.29, 1.82) is 0 Å². The molecule has 0 aliphatic rings. The summed E-state index contributed by atoms with van der Waals surface area (Å²) in [4.78, 5) is 16.0. The van der Waals surface area contributed by atoms with Crippen LogP contribution in [0, 0.1) is 0 Å². The Morgan fingerprint density at radius 3 is 2.84 bits per heavy atom. The summed E-state index contributed by atoms with van der Waals surface area (Å²) < 4.78 is 0. The summed E-state index contributed by atoms with van der Waals surface area (Å²) in [7, 11) is 0. The molecule has 0 saturated carbocycles. The molecule has 94 valence electrons. The normalized spacial score (nSPS) is 10.6. The molecule has 2 aromatic heterocycles. The van der Waals surface area contributed by atoms with E-state index in [-0.39, 0.29) is 16.8 Å². The summed E-state index contributed by atoms with van der Waals surface area (Å²) in [6.45, 7) is 0. The van der Waals surface area contributed by atoms with Crippen molar-refractivity contribution < 1.29 is 4.79 Å². The monoisotopic (exact) mass is 272 g/mol. The van der Waals surface area contributed by atoms with Gasteiger partial charge in [-0.15, -0.1) is 0 Å². The van der Waals surface area contributed by atoms with Gasteiger partial charge in [0.15, 0.2) is 5.82 Å². The van der Waals surface area contributed by atoms with Crippen molar-refractivity contribution in [2.75, 3.05) is 5.32 Å². The van der Waals surface area contributed by atoms with E-state index < -0.39 is 0 Å². The maximum Gasteiger partial charge on any atom is 0.275 e. The van der Waals surface area contributed by atoms with Crippen LogP contribution in [0.5, 0.6) is 0 Å². The third-order valence-corrected chi connectivity index (χ3v) is 2.86. The van der Waals surface area contributed by atoms with E-state index in [2.05, 4.69) is 20.5 Å². The van der Waals surface area contributed by atoms with E-state index in [0.717, 1.165) is 10.9 Å². The topological polar surface area (TPSA) is 70.7 Å². The first-order chi connectivity index (χ1) is 9.24.